The van der Waals surface area contributed by atoms with Crippen molar-refractivity contribution in [2.45, 2.75) is 13.0 Å². The second-order valence-electron chi connectivity index (χ2n) is 8.16. The number of benzene rings is 3. The van der Waals surface area contributed by atoms with Crippen LogP contribution in [0.25, 0.3) is 5.76 Å². The number of halogens is 2. The highest BCUT2D eigenvalue weighted by Gasteiger charge is 2.48. The molecule has 1 fully saturated rings. The van der Waals surface area contributed by atoms with Crippen LogP contribution in [0.5, 0.6) is 23.0 Å². The lowest BCUT2D eigenvalue weighted by Crippen LogP contribution is -2.29. The Morgan fingerprint density at radius 1 is 0.895 bits per heavy atom. The highest BCUT2D eigenvalue weighted by Crippen LogP contribution is 2.47. The first-order valence-corrected chi connectivity index (χ1v) is 12.3. The SMILES string of the molecule is CCOc1cc(C2/C(=C(\O)c3cc(Cl)c(OC)c(Cl)c3)C(=O)C(=O)N2c2ccccc2OC)ccc1OC. The van der Waals surface area contributed by atoms with E-state index in [1.807, 2.05) is 6.92 Å². The lowest BCUT2D eigenvalue weighted by atomic mass is 9.94. The summed E-state index contributed by atoms with van der Waals surface area (Å²) in [5.74, 6) is -0.727. The molecule has 3 aromatic rings. The second-order valence-corrected chi connectivity index (χ2v) is 8.97. The van der Waals surface area contributed by atoms with Crippen molar-refractivity contribution in [3.63, 3.8) is 0 Å². The van der Waals surface area contributed by atoms with E-state index in [4.69, 9.17) is 42.1 Å². The number of carbonyl (C=O) groups is 2. The van der Waals surface area contributed by atoms with E-state index in [0.29, 0.717) is 35.1 Å². The lowest BCUT2D eigenvalue weighted by molar-refractivity contribution is -0.132. The maximum atomic E-state index is 13.5. The maximum absolute atomic E-state index is 13.5. The van der Waals surface area contributed by atoms with Gasteiger partial charge in [-0.25, -0.2) is 0 Å². The smallest absolute Gasteiger partial charge is 0.300 e. The van der Waals surface area contributed by atoms with Crippen molar-refractivity contribution in [2.24, 2.45) is 0 Å². The number of ketones is 1. The number of hydrogen-bond acceptors (Lipinski definition) is 7. The number of ether oxygens (including phenoxy) is 4. The van der Waals surface area contributed by atoms with Gasteiger partial charge in [-0.15, -0.1) is 0 Å². The van der Waals surface area contributed by atoms with E-state index in [1.54, 1.807) is 42.5 Å². The fourth-order valence-electron chi connectivity index (χ4n) is 4.40. The predicted octanol–water partition coefficient (Wildman–Crippen LogP) is 6.04. The Bertz CT molecular complexity index is 1410. The third kappa shape index (κ3) is 4.73. The van der Waals surface area contributed by atoms with Crippen LogP contribution in [-0.2, 0) is 9.59 Å². The number of aliphatic hydroxyl groups is 1. The van der Waals surface area contributed by atoms with Crippen molar-refractivity contribution in [1.29, 1.82) is 0 Å². The summed E-state index contributed by atoms with van der Waals surface area (Å²) < 4.78 is 21.8. The molecular weight excluding hydrogens is 533 g/mol. The van der Waals surface area contributed by atoms with Crippen molar-refractivity contribution in [3.8, 4) is 23.0 Å². The van der Waals surface area contributed by atoms with Crippen molar-refractivity contribution < 1.29 is 33.6 Å². The highest BCUT2D eigenvalue weighted by atomic mass is 35.5. The van der Waals surface area contributed by atoms with E-state index in [1.165, 1.54) is 38.4 Å². The molecule has 0 radical (unpaired) electrons. The number of Topliss-reactive ketones (excluding diaryl/α,β-unsaturated/α-hetero) is 1. The minimum Gasteiger partial charge on any atom is -0.507 e. The fraction of sp³-hybridized carbons (Fsp3) is 0.214. The number of anilines is 1. The van der Waals surface area contributed by atoms with E-state index < -0.39 is 23.5 Å². The molecule has 1 amide bonds. The molecule has 38 heavy (non-hydrogen) atoms. The van der Waals surface area contributed by atoms with Gasteiger partial charge in [0, 0.05) is 5.56 Å². The number of amides is 1. The summed E-state index contributed by atoms with van der Waals surface area (Å²) in [6, 6.07) is 13.6. The Kier molecular flexibility index (Phi) is 8.04. The van der Waals surface area contributed by atoms with Gasteiger partial charge in [-0.05, 0) is 48.9 Å². The fourth-order valence-corrected chi connectivity index (χ4v) is 5.05. The quantitative estimate of drug-likeness (QED) is 0.205. The topological polar surface area (TPSA) is 94.5 Å². The number of nitrogens with zero attached hydrogens (tertiary/aromatic N) is 1. The largest absolute Gasteiger partial charge is 0.507 e. The molecule has 1 heterocycles. The summed E-state index contributed by atoms with van der Waals surface area (Å²) in [5, 5.41) is 11.7. The standard InChI is InChI=1S/C28H25Cl2NO7/c1-5-38-22-14-15(10-11-21(22)36-3)24-23(25(32)16-12-17(29)27(37-4)18(30)13-16)26(33)28(34)31(24)19-8-6-7-9-20(19)35-2/h6-14,24,32H,5H2,1-4H3/b25-23+. The minimum atomic E-state index is -1.05. The Morgan fingerprint density at radius 2 is 1.55 bits per heavy atom. The van der Waals surface area contributed by atoms with Crippen LogP contribution in [0.1, 0.15) is 24.1 Å². The van der Waals surface area contributed by atoms with Crippen LogP contribution in [0.2, 0.25) is 10.0 Å². The zero-order valence-electron chi connectivity index (χ0n) is 21.1. The molecule has 1 aliphatic heterocycles. The van der Waals surface area contributed by atoms with Gasteiger partial charge >= 0.3 is 0 Å². The third-order valence-corrected chi connectivity index (χ3v) is 6.63. The van der Waals surface area contributed by atoms with Crippen molar-refractivity contribution >= 4 is 46.3 Å². The molecule has 1 atom stereocenters. The molecule has 0 spiro atoms. The van der Waals surface area contributed by atoms with Crippen LogP contribution < -0.4 is 23.8 Å². The predicted molar refractivity (Wildman–Crippen MR) is 145 cm³/mol. The average Bonchev–Trinajstić information content (AvgIpc) is 3.18. The number of para-hydroxylation sites is 2. The van der Waals surface area contributed by atoms with Gasteiger partial charge in [-0.2, -0.15) is 0 Å². The van der Waals surface area contributed by atoms with Gasteiger partial charge in [-0.3, -0.25) is 14.5 Å². The molecule has 0 aliphatic carbocycles. The first-order chi connectivity index (χ1) is 18.3. The molecular formula is C28H25Cl2NO7. The summed E-state index contributed by atoms with van der Waals surface area (Å²) >= 11 is 12.6. The Hall–Kier alpha value is -3.88. The van der Waals surface area contributed by atoms with Crippen LogP contribution in [0.4, 0.5) is 5.69 Å². The molecule has 198 valence electrons. The number of aliphatic hydroxyl groups excluding tert-OH is 1. The van der Waals surface area contributed by atoms with Gasteiger partial charge in [0.25, 0.3) is 11.7 Å². The van der Waals surface area contributed by atoms with Gasteiger partial charge in [0.2, 0.25) is 0 Å². The summed E-state index contributed by atoms with van der Waals surface area (Å²) in [4.78, 5) is 28.3. The third-order valence-electron chi connectivity index (χ3n) is 6.07. The Morgan fingerprint density at radius 3 is 2.16 bits per heavy atom. The molecule has 4 rings (SSSR count). The minimum absolute atomic E-state index is 0.125. The summed E-state index contributed by atoms with van der Waals surface area (Å²) in [6.45, 7) is 2.18. The normalized spacial score (nSPS) is 16.5. The molecule has 1 aliphatic rings. The molecule has 1 saturated heterocycles. The Labute approximate surface area is 229 Å². The number of carbonyl (C=O) groups excluding carboxylic acids is 2. The molecule has 0 bridgehead atoms. The summed E-state index contributed by atoms with van der Waals surface area (Å²) in [5.41, 5.74) is 0.820. The second kappa shape index (κ2) is 11.2. The van der Waals surface area contributed by atoms with E-state index in [9.17, 15) is 14.7 Å². The first-order valence-electron chi connectivity index (χ1n) is 11.5. The van der Waals surface area contributed by atoms with E-state index in [-0.39, 0.29) is 26.9 Å². The number of hydrogen-bond donors (Lipinski definition) is 1. The monoisotopic (exact) mass is 557 g/mol. The van der Waals surface area contributed by atoms with Crippen molar-refractivity contribution in [3.05, 3.63) is 81.3 Å². The van der Waals surface area contributed by atoms with Crippen LogP contribution >= 0.6 is 23.2 Å². The summed E-state index contributed by atoms with van der Waals surface area (Å²) in [6.07, 6.45) is 0. The molecule has 3 aromatic carbocycles. The molecule has 1 unspecified atom stereocenters. The van der Waals surface area contributed by atoms with Gasteiger partial charge in [0.15, 0.2) is 17.2 Å². The number of rotatable bonds is 8. The van der Waals surface area contributed by atoms with Crippen LogP contribution in [0.15, 0.2) is 60.2 Å². The van der Waals surface area contributed by atoms with Crippen LogP contribution in [0, 0.1) is 0 Å². The first kappa shape index (κ1) is 27.2. The van der Waals surface area contributed by atoms with Gasteiger partial charge < -0.3 is 24.1 Å². The van der Waals surface area contributed by atoms with Crippen molar-refractivity contribution in [1.82, 2.24) is 0 Å². The molecule has 10 heteroatoms. The maximum Gasteiger partial charge on any atom is 0.300 e. The van der Waals surface area contributed by atoms with Crippen molar-refractivity contribution in [2.75, 3.05) is 32.8 Å². The molecule has 8 nitrogen and oxygen atoms in total. The Balaban J connectivity index is 2.01. The van der Waals surface area contributed by atoms with Crippen LogP contribution in [-0.4, -0.2) is 44.7 Å². The molecule has 1 N–H and O–H groups in total. The average molecular weight is 558 g/mol. The zero-order valence-corrected chi connectivity index (χ0v) is 22.6. The molecule has 0 saturated carbocycles. The summed E-state index contributed by atoms with van der Waals surface area (Å²) in [7, 11) is 4.38. The number of methoxy groups -OCH3 is 3. The van der Waals surface area contributed by atoms with E-state index in [0.717, 1.165) is 0 Å². The zero-order chi connectivity index (χ0) is 27.6. The molecule has 0 aromatic heterocycles. The van der Waals surface area contributed by atoms with Gasteiger partial charge in [0.1, 0.15) is 11.5 Å². The van der Waals surface area contributed by atoms with Gasteiger partial charge in [-0.1, -0.05) is 41.4 Å². The highest BCUT2D eigenvalue weighted by molar-refractivity contribution is 6.52. The van der Waals surface area contributed by atoms with Crippen LogP contribution in [0.3, 0.4) is 0 Å². The lowest BCUT2D eigenvalue weighted by Gasteiger charge is -2.27. The van der Waals surface area contributed by atoms with Gasteiger partial charge in [0.05, 0.1) is 55.3 Å². The van der Waals surface area contributed by atoms with E-state index in [2.05, 4.69) is 0 Å². The van der Waals surface area contributed by atoms with E-state index >= 15 is 0 Å².